The van der Waals surface area contributed by atoms with Gasteiger partial charge in [-0.3, -0.25) is 4.79 Å². The number of rotatable bonds is 7. The van der Waals surface area contributed by atoms with Crippen LogP contribution in [-0.2, 0) is 4.79 Å². The van der Waals surface area contributed by atoms with E-state index in [1.54, 1.807) is 6.92 Å². The van der Waals surface area contributed by atoms with Crippen LogP contribution in [0.1, 0.15) is 19.8 Å². The van der Waals surface area contributed by atoms with Gasteiger partial charge in [-0.15, -0.1) is 0 Å². The third-order valence-electron chi connectivity index (χ3n) is 1.91. The average Bonchev–Trinajstić information content (AvgIpc) is 2.02. The lowest BCUT2D eigenvalue weighted by Gasteiger charge is -2.11. The van der Waals surface area contributed by atoms with Crippen molar-refractivity contribution in [2.45, 2.75) is 25.8 Å². The molecule has 0 saturated heterocycles. The molecule has 0 spiro atoms. The Bertz CT molecular complexity index is 148. The maximum absolute atomic E-state index is 10.6. The van der Waals surface area contributed by atoms with Gasteiger partial charge in [0.25, 0.3) is 0 Å². The van der Waals surface area contributed by atoms with Gasteiger partial charge in [-0.1, -0.05) is 0 Å². The summed E-state index contributed by atoms with van der Waals surface area (Å²) in [5, 5.41) is 3.06. The van der Waals surface area contributed by atoms with E-state index in [0.29, 0.717) is 0 Å². The zero-order chi connectivity index (χ0) is 10.3. The molecule has 0 saturated carbocycles. The standard InChI is InChI=1S/C9H21N3O/c1-8(9(10)13)11-6-4-5-7-12(2)3/h8,11H,4-7H2,1-3H3,(H2,10,13). The van der Waals surface area contributed by atoms with Gasteiger partial charge in [0.05, 0.1) is 6.04 Å². The quantitative estimate of drug-likeness (QED) is 0.542. The predicted octanol–water partition coefficient (Wildman–Crippen LogP) is -0.208. The van der Waals surface area contributed by atoms with E-state index in [1.807, 2.05) is 0 Å². The molecule has 0 heterocycles. The predicted molar refractivity (Wildman–Crippen MR) is 54.4 cm³/mol. The van der Waals surface area contributed by atoms with Crippen molar-refractivity contribution in [3.63, 3.8) is 0 Å². The summed E-state index contributed by atoms with van der Waals surface area (Å²) in [6.45, 7) is 3.73. The molecule has 3 N–H and O–H groups in total. The van der Waals surface area contributed by atoms with Crippen molar-refractivity contribution in [3.8, 4) is 0 Å². The number of nitrogens with one attached hydrogen (secondary N) is 1. The van der Waals surface area contributed by atoms with Crippen molar-refractivity contribution in [3.05, 3.63) is 0 Å². The summed E-state index contributed by atoms with van der Waals surface area (Å²) in [4.78, 5) is 12.8. The monoisotopic (exact) mass is 187 g/mol. The second kappa shape index (κ2) is 6.86. The summed E-state index contributed by atoms with van der Waals surface area (Å²) < 4.78 is 0. The molecule has 0 radical (unpaired) electrons. The zero-order valence-corrected chi connectivity index (χ0v) is 8.84. The fourth-order valence-corrected chi connectivity index (χ4v) is 0.972. The number of amides is 1. The van der Waals surface area contributed by atoms with Crippen LogP contribution < -0.4 is 11.1 Å². The van der Waals surface area contributed by atoms with Gasteiger partial charge in [0.2, 0.25) is 5.91 Å². The van der Waals surface area contributed by atoms with Crippen LogP contribution in [0.25, 0.3) is 0 Å². The molecule has 1 atom stereocenters. The third kappa shape index (κ3) is 7.74. The van der Waals surface area contributed by atoms with Crippen LogP contribution in [0.4, 0.5) is 0 Å². The maximum Gasteiger partial charge on any atom is 0.234 e. The van der Waals surface area contributed by atoms with E-state index in [-0.39, 0.29) is 11.9 Å². The average molecular weight is 187 g/mol. The number of hydrogen-bond acceptors (Lipinski definition) is 3. The minimum Gasteiger partial charge on any atom is -0.368 e. The Balaban J connectivity index is 3.21. The Kier molecular flexibility index (Phi) is 6.54. The lowest BCUT2D eigenvalue weighted by molar-refractivity contribution is -0.119. The fraction of sp³-hybridized carbons (Fsp3) is 0.889. The number of unbranched alkanes of at least 4 members (excludes halogenated alkanes) is 1. The molecule has 78 valence electrons. The van der Waals surface area contributed by atoms with Crippen molar-refractivity contribution in [1.29, 1.82) is 0 Å². The highest BCUT2D eigenvalue weighted by Crippen LogP contribution is 1.89. The van der Waals surface area contributed by atoms with Crippen molar-refractivity contribution < 1.29 is 4.79 Å². The Hall–Kier alpha value is -0.610. The van der Waals surface area contributed by atoms with E-state index in [4.69, 9.17) is 5.73 Å². The van der Waals surface area contributed by atoms with Gasteiger partial charge in [0.15, 0.2) is 0 Å². The van der Waals surface area contributed by atoms with Gasteiger partial charge in [0, 0.05) is 0 Å². The maximum atomic E-state index is 10.6. The summed E-state index contributed by atoms with van der Waals surface area (Å²) in [6.07, 6.45) is 2.22. The number of carbonyl (C=O) groups excluding carboxylic acids is 1. The molecule has 0 aliphatic carbocycles. The molecule has 0 bridgehead atoms. The first kappa shape index (κ1) is 12.4. The summed E-state index contributed by atoms with van der Waals surface area (Å²) in [5.41, 5.74) is 5.09. The number of primary amides is 1. The molecule has 0 rings (SSSR count). The van der Waals surface area contributed by atoms with Crippen molar-refractivity contribution in [2.24, 2.45) is 5.73 Å². The second-order valence-corrected chi connectivity index (χ2v) is 3.59. The van der Waals surface area contributed by atoms with Crippen LogP contribution in [-0.4, -0.2) is 44.0 Å². The van der Waals surface area contributed by atoms with Gasteiger partial charge in [-0.05, 0) is 47.0 Å². The van der Waals surface area contributed by atoms with E-state index in [2.05, 4.69) is 24.3 Å². The highest BCUT2D eigenvalue weighted by molar-refractivity contribution is 5.79. The third-order valence-corrected chi connectivity index (χ3v) is 1.91. The summed E-state index contributed by atoms with van der Waals surface area (Å²) >= 11 is 0. The first-order chi connectivity index (χ1) is 6.04. The topological polar surface area (TPSA) is 58.4 Å². The lowest BCUT2D eigenvalue weighted by Crippen LogP contribution is -2.39. The molecule has 4 nitrogen and oxygen atoms in total. The summed E-state index contributed by atoms with van der Waals surface area (Å²) in [5.74, 6) is -0.285. The van der Waals surface area contributed by atoms with Crippen molar-refractivity contribution >= 4 is 5.91 Å². The Labute approximate surface area is 80.5 Å². The highest BCUT2D eigenvalue weighted by Gasteiger charge is 2.05. The van der Waals surface area contributed by atoms with E-state index >= 15 is 0 Å². The zero-order valence-electron chi connectivity index (χ0n) is 8.84. The Morgan fingerprint density at radius 2 is 2.08 bits per heavy atom. The van der Waals surface area contributed by atoms with Gasteiger partial charge >= 0.3 is 0 Å². The number of nitrogens with zero attached hydrogens (tertiary/aromatic N) is 1. The smallest absolute Gasteiger partial charge is 0.234 e. The summed E-state index contributed by atoms with van der Waals surface area (Å²) in [7, 11) is 4.11. The van der Waals surface area contributed by atoms with Gasteiger partial charge in [-0.2, -0.15) is 0 Å². The van der Waals surface area contributed by atoms with Crippen molar-refractivity contribution in [2.75, 3.05) is 27.2 Å². The normalized spacial score (nSPS) is 13.2. The van der Waals surface area contributed by atoms with Gasteiger partial charge in [0.1, 0.15) is 0 Å². The van der Waals surface area contributed by atoms with Gasteiger partial charge < -0.3 is 16.0 Å². The van der Waals surface area contributed by atoms with E-state index < -0.39 is 0 Å². The van der Waals surface area contributed by atoms with E-state index in [1.165, 1.54) is 0 Å². The molecular formula is C9H21N3O. The van der Waals surface area contributed by atoms with Crippen LogP contribution in [0, 0.1) is 0 Å². The minimum absolute atomic E-state index is 0.209. The van der Waals surface area contributed by atoms with Crippen LogP contribution in [0.15, 0.2) is 0 Å². The fourth-order valence-electron chi connectivity index (χ4n) is 0.972. The number of nitrogens with two attached hydrogens (primary N) is 1. The van der Waals surface area contributed by atoms with Crippen LogP contribution in [0.5, 0.6) is 0 Å². The van der Waals surface area contributed by atoms with Gasteiger partial charge in [-0.25, -0.2) is 0 Å². The largest absolute Gasteiger partial charge is 0.368 e. The SMILES string of the molecule is CC(NCCCCN(C)C)C(N)=O. The molecule has 0 aliphatic heterocycles. The van der Waals surface area contributed by atoms with E-state index in [9.17, 15) is 4.79 Å². The molecule has 0 aromatic rings. The van der Waals surface area contributed by atoms with Crippen molar-refractivity contribution in [1.82, 2.24) is 10.2 Å². The Morgan fingerprint density at radius 3 is 2.54 bits per heavy atom. The molecule has 0 aromatic carbocycles. The minimum atomic E-state index is -0.285. The second-order valence-electron chi connectivity index (χ2n) is 3.59. The molecule has 13 heavy (non-hydrogen) atoms. The first-order valence-electron chi connectivity index (χ1n) is 4.71. The van der Waals surface area contributed by atoms with Crippen LogP contribution in [0.2, 0.25) is 0 Å². The molecular weight excluding hydrogens is 166 g/mol. The van der Waals surface area contributed by atoms with Crippen LogP contribution >= 0.6 is 0 Å². The van der Waals surface area contributed by atoms with Crippen LogP contribution in [0.3, 0.4) is 0 Å². The number of carbonyl (C=O) groups is 1. The lowest BCUT2D eigenvalue weighted by atomic mass is 10.2. The molecule has 0 aromatic heterocycles. The molecule has 4 heteroatoms. The molecule has 1 amide bonds. The highest BCUT2D eigenvalue weighted by atomic mass is 16.1. The first-order valence-corrected chi connectivity index (χ1v) is 4.71. The molecule has 0 aliphatic rings. The number of hydrogen-bond donors (Lipinski definition) is 2. The summed E-state index contributed by atoms with van der Waals surface area (Å²) in [6, 6.07) is -0.209. The molecule has 0 fully saturated rings. The Morgan fingerprint density at radius 1 is 1.46 bits per heavy atom. The molecule has 1 unspecified atom stereocenters. The van der Waals surface area contributed by atoms with E-state index in [0.717, 1.165) is 25.9 Å².